The third-order valence-corrected chi connectivity index (χ3v) is 3.15. The molecule has 1 N–H and O–H groups in total. The third-order valence-electron chi connectivity index (χ3n) is 3.15. The van der Waals surface area contributed by atoms with Gasteiger partial charge in [0.1, 0.15) is 11.9 Å². The van der Waals surface area contributed by atoms with Crippen LogP contribution in [0.5, 0.6) is 5.75 Å². The average Bonchev–Trinajstić information content (AvgIpc) is 2.38. The summed E-state index contributed by atoms with van der Waals surface area (Å²) < 4.78 is 6.01. The van der Waals surface area contributed by atoms with E-state index in [-0.39, 0.29) is 6.10 Å². The molecule has 0 saturated heterocycles. The number of fused-ring (bicyclic) bond motifs is 1. The molecule has 3 heteroatoms. The summed E-state index contributed by atoms with van der Waals surface area (Å²) in [6.45, 7) is 8.58. The number of likely N-dealkylation sites (N-methyl/N-ethyl adjacent to an activating group) is 1. The monoisotopic (exact) mass is 234 g/mol. The van der Waals surface area contributed by atoms with E-state index in [1.54, 1.807) is 0 Å². The Morgan fingerprint density at radius 1 is 1.35 bits per heavy atom. The second-order valence-electron chi connectivity index (χ2n) is 4.51. The molecule has 1 aliphatic heterocycles. The first-order valence-corrected chi connectivity index (χ1v) is 6.55. The van der Waals surface area contributed by atoms with Crippen molar-refractivity contribution in [2.75, 3.05) is 31.5 Å². The summed E-state index contributed by atoms with van der Waals surface area (Å²) in [5, 5.41) is 3.43. The first kappa shape index (κ1) is 12.2. The zero-order valence-corrected chi connectivity index (χ0v) is 10.8. The Morgan fingerprint density at radius 3 is 2.94 bits per heavy atom. The number of hydrogen-bond donors (Lipinski definition) is 1. The molecule has 17 heavy (non-hydrogen) atoms. The molecule has 0 saturated carbocycles. The van der Waals surface area contributed by atoms with Gasteiger partial charge in [-0.15, -0.1) is 0 Å². The van der Waals surface area contributed by atoms with E-state index in [4.69, 9.17) is 4.74 Å². The van der Waals surface area contributed by atoms with Gasteiger partial charge in [-0.2, -0.15) is 0 Å². The molecule has 0 aliphatic carbocycles. The van der Waals surface area contributed by atoms with E-state index in [9.17, 15) is 0 Å². The average molecular weight is 234 g/mol. The number of anilines is 1. The van der Waals surface area contributed by atoms with Gasteiger partial charge in [0.2, 0.25) is 0 Å². The molecule has 0 fully saturated rings. The van der Waals surface area contributed by atoms with E-state index >= 15 is 0 Å². The van der Waals surface area contributed by atoms with Crippen LogP contribution in [0, 0.1) is 0 Å². The van der Waals surface area contributed by atoms with Gasteiger partial charge in [-0.3, -0.25) is 4.90 Å². The fraction of sp³-hybridized carbons (Fsp3) is 0.571. The van der Waals surface area contributed by atoms with Gasteiger partial charge in [0.15, 0.2) is 0 Å². The van der Waals surface area contributed by atoms with Crippen LogP contribution in [-0.2, 0) is 0 Å². The van der Waals surface area contributed by atoms with Crippen molar-refractivity contribution in [2.45, 2.75) is 26.4 Å². The lowest BCUT2D eigenvalue weighted by Crippen LogP contribution is -2.41. The lowest BCUT2D eigenvalue weighted by molar-refractivity contribution is 0.139. The van der Waals surface area contributed by atoms with Crippen molar-refractivity contribution < 1.29 is 4.74 Å². The van der Waals surface area contributed by atoms with E-state index in [0.717, 1.165) is 37.6 Å². The van der Waals surface area contributed by atoms with Gasteiger partial charge in [-0.05, 0) is 31.6 Å². The highest BCUT2D eigenvalue weighted by atomic mass is 16.5. The Bertz CT molecular complexity index is 354. The molecule has 0 bridgehead atoms. The van der Waals surface area contributed by atoms with Crippen LogP contribution in [0.25, 0.3) is 0 Å². The first-order chi connectivity index (χ1) is 8.33. The number of benzene rings is 1. The van der Waals surface area contributed by atoms with Crippen molar-refractivity contribution >= 4 is 5.69 Å². The van der Waals surface area contributed by atoms with Gasteiger partial charge in [0, 0.05) is 6.54 Å². The molecule has 1 atom stereocenters. The van der Waals surface area contributed by atoms with Gasteiger partial charge >= 0.3 is 0 Å². The molecule has 0 amide bonds. The van der Waals surface area contributed by atoms with Gasteiger partial charge in [0.25, 0.3) is 0 Å². The fourth-order valence-corrected chi connectivity index (χ4v) is 2.24. The van der Waals surface area contributed by atoms with E-state index < -0.39 is 0 Å². The summed E-state index contributed by atoms with van der Waals surface area (Å²) in [5.74, 6) is 0.983. The lowest BCUT2D eigenvalue weighted by atomic mass is 10.2. The highest BCUT2D eigenvalue weighted by Crippen LogP contribution is 2.28. The molecule has 1 unspecified atom stereocenters. The number of para-hydroxylation sites is 2. The minimum atomic E-state index is 0.261. The number of hydrogen-bond acceptors (Lipinski definition) is 3. The summed E-state index contributed by atoms with van der Waals surface area (Å²) >= 11 is 0. The predicted octanol–water partition coefficient (Wildman–Crippen LogP) is 2.59. The molecule has 2 rings (SSSR count). The third kappa shape index (κ3) is 3.13. The minimum Gasteiger partial charge on any atom is -0.485 e. The van der Waals surface area contributed by atoms with Crippen LogP contribution in [-0.4, -0.2) is 37.2 Å². The maximum Gasteiger partial charge on any atom is 0.142 e. The summed E-state index contributed by atoms with van der Waals surface area (Å²) in [6.07, 6.45) is 1.46. The maximum absolute atomic E-state index is 6.01. The van der Waals surface area contributed by atoms with E-state index in [1.807, 2.05) is 18.2 Å². The molecule has 0 aromatic heterocycles. The van der Waals surface area contributed by atoms with Crippen molar-refractivity contribution in [3.05, 3.63) is 24.3 Å². The molecule has 1 aromatic rings. The Kier molecular flexibility index (Phi) is 4.26. The number of nitrogens with one attached hydrogen (secondary N) is 1. The van der Waals surface area contributed by atoms with Crippen molar-refractivity contribution in [3.8, 4) is 5.75 Å². The van der Waals surface area contributed by atoms with E-state index in [0.29, 0.717) is 0 Å². The predicted molar refractivity (Wildman–Crippen MR) is 71.8 cm³/mol. The molecule has 0 spiro atoms. The zero-order valence-electron chi connectivity index (χ0n) is 10.8. The second kappa shape index (κ2) is 5.92. The van der Waals surface area contributed by atoms with Crippen LogP contribution in [0.2, 0.25) is 0 Å². The van der Waals surface area contributed by atoms with Crippen molar-refractivity contribution in [1.29, 1.82) is 0 Å². The first-order valence-electron chi connectivity index (χ1n) is 6.55. The smallest absolute Gasteiger partial charge is 0.142 e. The normalized spacial score (nSPS) is 18.4. The SMILES string of the molecule is CCCN(CC)CC1CNc2ccccc2O1. The van der Waals surface area contributed by atoms with Gasteiger partial charge in [0.05, 0.1) is 12.2 Å². The molecule has 94 valence electrons. The molecule has 1 aliphatic rings. The molecule has 1 aromatic carbocycles. The topological polar surface area (TPSA) is 24.5 Å². The second-order valence-corrected chi connectivity index (χ2v) is 4.51. The van der Waals surface area contributed by atoms with E-state index in [2.05, 4.69) is 30.1 Å². The van der Waals surface area contributed by atoms with Gasteiger partial charge < -0.3 is 10.1 Å². The van der Waals surface area contributed by atoms with Gasteiger partial charge in [-0.1, -0.05) is 26.0 Å². The number of nitrogens with zero attached hydrogens (tertiary/aromatic N) is 1. The van der Waals surface area contributed by atoms with E-state index in [1.165, 1.54) is 6.42 Å². The molecule has 0 radical (unpaired) electrons. The van der Waals surface area contributed by atoms with Crippen LogP contribution < -0.4 is 10.1 Å². The Morgan fingerprint density at radius 2 is 2.18 bits per heavy atom. The van der Waals surface area contributed by atoms with Crippen molar-refractivity contribution in [3.63, 3.8) is 0 Å². The van der Waals surface area contributed by atoms with Crippen molar-refractivity contribution in [2.24, 2.45) is 0 Å². The van der Waals surface area contributed by atoms with Crippen LogP contribution in [0.1, 0.15) is 20.3 Å². The highest BCUT2D eigenvalue weighted by molar-refractivity contribution is 5.57. The fourth-order valence-electron chi connectivity index (χ4n) is 2.24. The van der Waals surface area contributed by atoms with Crippen molar-refractivity contribution in [1.82, 2.24) is 4.90 Å². The Labute approximate surface area is 104 Å². The maximum atomic E-state index is 6.01. The number of ether oxygens (including phenoxy) is 1. The lowest BCUT2D eigenvalue weighted by Gasteiger charge is -2.31. The summed E-state index contributed by atoms with van der Waals surface area (Å²) in [6, 6.07) is 8.15. The summed E-state index contributed by atoms with van der Waals surface area (Å²) in [4.78, 5) is 2.44. The number of rotatable bonds is 5. The van der Waals surface area contributed by atoms with Gasteiger partial charge in [-0.25, -0.2) is 0 Å². The van der Waals surface area contributed by atoms with Crippen LogP contribution in [0.3, 0.4) is 0 Å². The summed E-state index contributed by atoms with van der Waals surface area (Å²) in [5.41, 5.74) is 1.11. The molecule has 1 heterocycles. The molecular weight excluding hydrogens is 212 g/mol. The van der Waals surface area contributed by atoms with Crippen LogP contribution in [0.15, 0.2) is 24.3 Å². The largest absolute Gasteiger partial charge is 0.485 e. The Hall–Kier alpha value is -1.22. The molecular formula is C14H22N2O. The zero-order chi connectivity index (χ0) is 12.1. The molecule has 3 nitrogen and oxygen atoms in total. The standard InChI is InChI=1S/C14H22N2O/c1-3-9-16(4-2)11-12-10-15-13-7-5-6-8-14(13)17-12/h5-8,12,15H,3-4,9-11H2,1-2H3. The van der Waals surface area contributed by atoms with Crippen LogP contribution >= 0.6 is 0 Å². The Balaban J connectivity index is 1.93. The quantitative estimate of drug-likeness (QED) is 0.847. The van der Waals surface area contributed by atoms with Crippen LogP contribution in [0.4, 0.5) is 5.69 Å². The summed E-state index contributed by atoms with van der Waals surface area (Å²) in [7, 11) is 0. The minimum absolute atomic E-state index is 0.261. The highest BCUT2D eigenvalue weighted by Gasteiger charge is 2.20.